The summed E-state index contributed by atoms with van der Waals surface area (Å²) in [5.74, 6) is 0.146. The number of anilines is 1. The Morgan fingerprint density at radius 1 is 1.08 bits per heavy atom. The standard InChI is InChI=1S/C19H17NO5/c1-23-10-11-24-15-8-6-14(7-9-15)20-18(21)16-12-13-4-2-3-5-17(13)25-19(16)22/h2-9,12H,10-11H2,1H3,(H,20,21). The number of para-hydroxylation sites is 1. The Morgan fingerprint density at radius 2 is 1.84 bits per heavy atom. The van der Waals surface area contributed by atoms with Gasteiger partial charge < -0.3 is 19.2 Å². The van der Waals surface area contributed by atoms with Gasteiger partial charge in [0, 0.05) is 18.2 Å². The van der Waals surface area contributed by atoms with Gasteiger partial charge in [-0.3, -0.25) is 4.79 Å². The highest BCUT2D eigenvalue weighted by Gasteiger charge is 2.13. The predicted molar refractivity (Wildman–Crippen MR) is 94.3 cm³/mol. The van der Waals surface area contributed by atoms with Crippen LogP contribution in [0.25, 0.3) is 11.0 Å². The zero-order valence-electron chi connectivity index (χ0n) is 13.7. The maximum absolute atomic E-state index is 12.4. The zero-order chi connectivity index (χ0) is 17.6. The number of rotatable bonds is 6. The molecule has 0 aliphatic heterocycles. The van der Waals surface area contributed by atoms with Gasteiger partial charge in [0.25, 0.3) is 5.91 Å². The lowest BCUT2D eigenvalue weighted by Gasteiger charge is -2.08. The SMILES string of the molecule is COCCOc1ccc(NC(=O)c2cc3ccccc3oc2=O)cc1. The lowest BCUT2D eigenvalue weighted by Crippen LogP contribution is -2.20. The van der Waals surface area contributed by atoms with Crippen molar-refractivity contribution in [3.8, 4) is 5.75 Å². The molecule has 0 atom stereocenters. The van der Waals surface area contributed by atoms with Gasteiger partial charge in [0.2, 0.25) is 0 Å². The molecule has 6 nitrogen and oxygen atoms in total. The molecule has 0 saturated carbocycles. The van der Waals surface area contributed by atoms with Crippen molar-refractivity contribution < 1.29 is 18.7 Å². The van der Waals surface area contributed by atoms with Crippen LogP contribution in [0.2, 0.25) is 0 Å². The van der Waals surface area contributed by atoms with E-state index in [2.05, 4.69) is 5.32 Å². The molecular formula is C19H17NO5. The Balaban J connectivity index is 1.74. The summed E-state index contributed by atoms with van der Waals surface area (Å²) in [6.45, 7) is 0.941. The van der Waals surface area contributed by atoms with E-state index in [0.29, 0.717) is 35.6 Å². The topological polar surface area (TPSA) is 77.8 Å². The maximum Gasteiger partial charge on any atom is 0.349 e. The van der Waals surface area contributed by atoms with Crippen molar-refractivity contribution in [1.82, 2.24) is 0 Å². The number of hydrogen-bond donors (Lipinski definition) is 1. The Morgan fingerprint density at radius 3 is 2.60 bits per heavy atom. The van der Waals surface area contributed by atoms with Gasteiger partial charge in [-0.2, -0.15) is 0 Å². The van der Waals surface area contributed by atoms with E-state index >= 15 is 0 Å². The molecule has 0 saturated heterocycles. The first-order valence-corrected chi connectivity index (χ1v) is 7.73. The van der Waals surface area contributed by atoms with E-state index in [9.17, 15) is 9.59 Å². The molecule has 0 aliphatic rings. The summed E-state index contributed by atoms with van der Waals surface area (Å²) in [5.41, 5.74) is 0.285. The van der Waals surface area contributed by atoms with Gasteiger partial charge in [-0.15, -0.1) is 0 Å². The van der Waals surface area contributed by atoms with Crippen LogP contribution in [0.1, 0.15) is 10.4 Å². The van der Waals surface area contributed by atoms with Gasteiger partial charge in [-0.1, -0.05) is 18.2 Å². The van der Waals surface area contributed by atoms with Crippen molar-refractivity contribution in [2.24, 2.45) is 0 Å². The van der Waals surface area contributed by atoms with Crippen molar-refractivity contribution >= 4 is 22.6 Å². The molecule has 128 valence electrons. The highest BCUT2D eigenvalue weighted by Crippen LogP contribution is 2.17. The molecule has 1 aromatic heterocycles. The Bertz CT molecular complexity index is 930. The Hall–Kier alpha value is -3.12. The van der Waals surface area contributed by atoms with E-state index in [0.717, 1.165) is 0 Å². The third-order valence-electron chi connectivity index (χ3n) is 3.55. The van der Waals surface area contributed by atoms with Crippen LogP contribution in [-0.2, 0) is 4.74 Å². The fourth-order valence-corrected chi connectivity index (χ4v) is 2.30. The summed E-state index contributed by atoms with van der Waals surface area (Å²) in [6.07, 6.45) is 0. The molecule has 6 heteroatoms. The smallest absolute Gasteiger partial charge is 0.349 e. The summed E-state index contributed by atoms with van der Waals surface area (Å²) in [4.78, 5) is 24.4. The van der Waals surface area contributed by atoms with E-state index in [1.54, 1.807) is 49.6 Å². The van der Waals surface area contributed by atoms with Crippen LogP contribution in [0.15, 0.2) is 63.8 Å². The molecular weight excluding hydrogens is 322 g/mol. The first-order valence-electron chi connectivity index (χ1n) is 7.73. The number of carbonyl (C=O) groups excluding carboxylic acids is 1. The van der Waals surface area contributed by atoms with Crippen LogP contribution >= 0.6 is 0 Å². The van der Waals surface area contributed by atoms with Crippen molar-refractivity contribution in [2.45, 2.75) is 0 Å². The average molecular weight is 339 g/mol. The monoisotopic (exact) mass is 339 g/mol. The lowest BCUT2D eigenvalue weighted by atomic mass is 10.1. The molecule has 1 N–H and O–H groups in total. The van der Waals surface area contributed by atoms with E-state index in [1.807, 2.05) is 6.07 Å². The van der Waals surface area contributed by atoms with Crippen molar-refractivity contribution in [3.63, 3.8) is 0 Å². The molecule has 1 heterocycles. The van der Waals surface area contributed by atoms with Gasteiger partial charge in [0.1, 0.15) is 23.5 Å². The van der Waals surface area contributed by atoms with Crippen molar-refractivity contribution in [2.75, 3.05) is 25.6 Å². The summed E-state index contributed by atoms with van der Waals surface area (Å²) in [5, 5.41) is 3.37. The van der Waals surface area contributed by atoms with Gasteiger partial charge in [0.15, 0.2) is 0 Å². The Labute approximate surface area is 144 Å². The highest BCUT2D eigenvalue weighted by molar-refractivity contribution is 6.05. The van der Waals surface area contributed by atoms with Crippen LogP contribution in [0.5, 0.6) is 5.75 Å². The molecule has 3 aromatic rings. The van der Waals surface area contributed by atoms with E-state index in [4.69, 9.17) is 13.9 Å². The molecule has 0 bridgehead atoms. The predicted octanol–water partition coefficient (Wildman–Crippen LogP) is 3.07. The number of ether oxygens (including phenoxy) is 2. The van der Waals surface area contributed by atoms with E-state index < -0.39 is 11.5 Å². The minimum Gasteiger partial charge on any atom is -0.491 e. The third kappa shape index (κ3) is 4.05. The molecule has 0 fully saturated rings. The lowest BCUT2D eigenvalue weighted by molar-refractivity contribution is 0.102. The quantitative estimate of drug-likeness (QED) is 0.552. The molecule has 0 spiro atoms. The Kier molecular flexibility index (Phi) is 5.11. The van der Waals surface area contributed by atoms with E-state index in [1.165, 1.54) is 6.07 Å². The van der Waals surface area contributed by atoms with Crippen LogP contribution in [-0.4, -0.2) is 26.2 Å². The van der Waals surface area contributed by atoms with Gasteiger partial charge in [-0.05, 0) is 36.4 Å². The molecule has 0 aliphatic carbocycles. The second-order valence-electron chi connectivity index (χ2n) is 5.31. The molecule has 0 unspecified atom stereocenters. The highest BCUT2D eigenvalue weighted by atomic mass is 16.5. The average Bonchev–Trinajstić information content (AvgIpc) is 2.62. The fourth-order valence-electron chi connectivity index (χ4n) is 2.30. The van der Waals surface area contributed by atoms with Crippen LogP contribution in [0, 0.1) is 0 Å². The van der Waals surface area contributed by atoms with Crippen LogP contribution in [0.4, 0.5) is 5.69 Å². The zero-order valence-corrected chi connectivity index (χ0v) is 13.7. The molecule has 3 rings (SSSR count). The molecule has 1 amide bonds. The summed E-state index contributed by atoms with van der Waals surface area (Å²) >= 11 is 0. The van der Waals surface area contributed by atoms with Crippen molar-refractivity contribution in [1.29, 1.82) is 0 Å². The molecule has 0 radical (unpaired) electrons. The number of fused-ring (bicyclic) bond motifs is 1. The number of benzene rings is 2. The number of hydrogen-bond acceptors (Lipinski definition) is 5. The third-order valence-corrected chi connectivity index (χ3v) is 3.55. The van der Waals surface area contributed by atoms with Gasteiger partial charge >= 0.3 is 5.63 Å². The summed E-state index contributed by atoms with van der Waals surface area (Å²) in [6, 6.07) is 15.4. The molecule has 2 aromatic carbocycles. The minimum atomic E-state index is -0.671. The van der Waals surface area contributed by atoms with Crippen LogP contribution < -0.4 is 15.7 Å². The number of carbonyl (C=O) groups is 1. The van der Waals surface area contributed by atoms with Gasteiger partial charge in [-0.25, -0.2) is 4.79 Å². The largest absolute Gasteiger partial charge is 0.491 e. The van der Waals surface area contributed by atoms with Crippen LogP contribution in [0.3, 0.4) is 0 Å². The number of amides is 1. The molecule has 25 heavy (non-hydrogen) atoms. The van der Waals surface area contributed by atoms with Crippen molar-refractivity contribution in [3.05, 3.63) is 70.6 Å². The van der Waals surface area contributed by atoms with Gasteiger partial charge in [0.05, 0.1) is 6.61 Å². The second-order valence-corrected chi connectivity index (χ2v) is 5.31. The maximum atomic E-state index is 12.4. The van der Waals surface area contributed by atoms with E-state index in [-0.39, 0.29) is 5.56 Å². The fraction of sp³-hybridized carbons (Fsp3) is 0.158. The first kappa shape index (κ1) is 16.7. The first-order chi connectivity index (χ1) is 12.2. The number of methoxy groups -OCH3 is 1. The number of nitrogens with one attached hydrogen (secondary N) is 1. The second kappa shape index (κ2) is 7.63. The normalized spacial score (nSPS) is 10.6. The minimum absolute atomic E-state index is 0.0425. The summed E-state index contributed by atoms with van der Waals surface area (Å²) in [7, 11) is 1.60. The summed E-state index contributed by atoms with van der Waals surface area (Å²) < 4.78 is 15.5.